The average molecular weight is 556 g/mol. The van der Waals surface area contributed by atoms with E-state index >= 15 is 0 Å². The largest absolute Gasteiger partial charge is 0.586 e. The zero-order valence-electron chi connectivity index (χ0n) is 20.9. The highest BCUT2D eigenvalue weighted by Gasteiger charge is 2.53. The number of nitrogens with zero attached hydrogens (tertiary/aromatic N) is 1. The summed E-state index contributed by atoms with van der Waals surface area (Å²) >= 11 is 0. The van der Waals surface area contributed by atoms with Crippen LogP contribution in [-0.4, -0.2) is 32.7 Å². The number of rotatable bonds is 6. The number of carbonyl (C=O) groups is 1. The van der Waals surface area contributed by atoms with Gasteiger partial charge in [0, 0.05) is 13.8 Å². The molecule has 2 N–H and O–H groups in total. The summed E-state index contributed by atoms with van der Waals surface area (Å²) in [4.78, 5) is 18.4. The number of pyridine rings is 1. The van der Waals surface area contributed by atoms with Gasteiger partial charge in [0.15, 0.2) is 11.5 Å². The van der Waals surface area contributed by atoms with Crippen LogP contribution in [0.1, 0.15) is 26.8 Å². The van der Waals surface area contributed by atoms with Gasteiger partial charge >= 0.3 is 6.29 Å². The minimum absolute atomic E-state index is 0. The number of hydrogen-bond acceptors (Lipinski definition) is 6. The first-order valence-electron chi connectivity index (χ1n) is 12.2. The first kappa shape index (κ1) is 25.2. The highest BCUT2D eigenvalue weighted by molar-refractivity contribution is 7.89. The lowest BCUT2D eigenvalue weighted by Crippen LogP contribution is -2.28. The molecular formula is C28H27F2N3O5S. The molecule has 39 heavy (non-hydrogen) atoms. The van der Waals surface area contributed by atoms with Crippen LogP contribution in [0.25, 0.3) is 22.0 Å². The van der Waals surface area contributed by atoms with Gasteiger partial charge in [0.2, 0.25) is 15.9 Å². The average Bonchev–Trinajstić information content (AvgIpc) is 3.65. The molecular weight excluding hydrogens is 528 g/mol. The van der Waals surface area contributed by atoms with Gasteiger partial charge in [-0.3, -0.25) is 4.79 Å². The number of nitrogens with one attached hydrogen (secondary N) is 2. The number of fused-ring (bicyclic) bond motifs is 2. The van der Waals surface area contributed by atoms with Crippen LogP contribution >= 0.6 is 0 Å². The lowest BCUT2D eigenvalue weighted by Gasteiger charge is -2.17. The highest BCUT2D eigenvalue weighted by Crippen LogP contribution is 2.52. The van der Waals surface area contributed by atoms with Gasteiger partial charge in [-0.15, -0.1) is 8.78 Å². The number of hydrogen-bond donors (Lipinski definition) is 2. The number of anilines is 1. The molecule has 1 fully saturated rings. The van der Waals surface area contributed by atoms with E-state index in [1.165, 1.54) is 25.2 Å². The summed E-state index contributed by atoms with van der Waals surface area (Å²) in [6, 6.07) is 18.5. The van der Waals surface area contributed by atoms with Gasteiger partial charge in [-0.25, -0.2) is 18.1 Å². The van der Waals surface area contributed by atoms with E-state index in [4.69, 9.17) is 4.98 Å². The number of carbonyl (C=O) groups excluding carboxylic acids is 1. The van der Waals surface area contributed by atoms with Crippen molar-refractivity contribution in [1.29, 1.82) is 0 Å². The molecule has 2 heterocycles. The Balaban J connectivity index is 0.00000194. The maximum atomic E-state index is 13.5. The predicted molar refractivity (Wildman–Crippen MR) is 145 cm³/mol. The minimum atomic E-state index is -3.74. The molecule has 0 saturated heterocycles. The fourth-order valence-corrected chi connectivity index (χ4v) is 5.72. The van der Waals surface area contributed by atoms with E-state index in [2.05, 4.69) is 19.5 Å². The number of amides is 1. The van der Waals surface area contributed by atoms with E-state index in [0.717, 1.165) is 16.3 Å². The van der Waals surface area contributed by atoms with E-state index < -0.39 is 21.7 Å². The number of ether oxygens (including phenoxy) is 2. The normalized spacial score (nSPS) is 16.7. The molecule has 8 nitrogen and oxygen atoms in total. The second-order valence-corrected chi connectivity index (χ2v) is 11.5. The zero-order valence-corrected chi connectivity index (χ0v) is 21.7. The van der Waals surface area contributed by atoms with Crippen molar-refractivity contribution in [3.05, 3.63) is 77.9 Å². The third-order valence-corrected chi connectivity index (χ3v) is 8.56. The molecule has 0 atom stereocenters. The van der Waals surface area contributed by atoms with Crippen molar-refractivity contribution in [3.8, 4) is 22.8 Å². The molecule has 3 aromatic carbocycles. The molecule has 4 aromatic rings. The number of benzene rings is 3. The van der Waals surface area contributed by atoms with Gasteiger partial charge in [0.05, 0.1) is 16.0 Å². The number of sulfonamides is 1. The SMILES string of the molecule is CNS(=O)(=O)c1ccc(-c2nc(NC(=O)C3(c4ccc5c(c4)OC(F)(F)O5)CC3)cc3ccccc23)c(C)c1.[HH].[HH]. The van der Waals surface area contributed by atoms with Crippen LogP contribution in [0, 0.1) is 6.92 Å². The van der Waals surface area contributed by atoms with Crippen LogP contribution in [0.4, 0.5) is 14.6 Å². The summed E-state index contributed by atoms with van der Waals surface area (Å²) in [5.74, 6) is -0.181. The summed E-state index contributed by atoms with van der Waals surface area (Å²) in [5.41, 5.74) is 1.66. The summed E-state index contributed by atoms with van der Waals surface area (Å²) < 4.78 is 62.9. The van der Waals surface area contributed by atoms with E-state index in [9.17, 15) is 22.0 Å². The Kier molecular flexibility index (Phi) is 5.63. The third-order valence-electron chi connectivity index (χ3n) is 7.15. The molecule has 0 radical (unpaired) electrons. The predicted octanol–water partition coefficient (Wildman–Crippen LogP) is 5.60. The van der Waals surface area contributed by atoms with Crippen LogP contribution in [0.2, 0.25) is 0 Å². The van der Waals surface area contributed by atoms with Crippen molar-refractivity contribution in [1.82, 2.24) is 9.71 Å². The van der Waals surface area contributed by atoms with Crippen LogP contribution in [0.15, 0.2) is 71.6 Å². The third kappa shape index (κ3) is 4.37. The van der Waals surface area contributed by atoms with Gasteiger partial charge in [-0.05, 0) is 73.7 Å². The van der Waals surface area contributed by atoms with Crippen LogP contribution in [0.3, 0.4) is 0 Å². The van der Waals surface area contributed by atoms with E-state index in [1.54, 1.807) is 31.2 Å². The van der Waals surface area contributed by atoms with Crippen molar-refractivity contribution < 1.29 is 34.3 Å². The smallest absolute Gasteiger partial charge is 0.395 e. The second kappa shape index (κ2) is 8.72. The van der Waals surface area contributed by atoms with E-state index in [1.807, 2.05) is 24.3 Å². The lowest BCUT2D eigenvalue weighted by molar-refractivity contribution is -0.286. The molecule has 1 saturated carbocycles. The fourth-order valence-electron chi connectivity index (χ4n) is 4.91. The molecule has 1 aliphatic heterocycles. The summed E-state index contributed by atoms with van der Waals surface area (Å²) in [6.45, 7) is 1.80. The molecule has 11 heteroatoms. The molecule has 204 valence electrons. The first-order valence-corrected chi connectivity index (χ1v) is 13.7. The number of aromatic nitrogens is 1. The second-order valence-electron chi connectivity index (χ2n) is 9.63. The van der Waals surface area contributed by atoms with Crippen molar-refractivity contribution in [2.24, 2.45) is 0 Å². The lowest BCUT2D eigenvalue weighted by atomic mass is 9.94. The number of halogens is 2. The Bertz CT molecular complexity index is 1780. The standard InChI is InChI=1S/C28H23F2N3O5S.2H2/c1-16-13-19(39(35,36)31-2)8-9-20(16)25-21-6-4-3-5-17(21)14-24(32-25)33-26(34)27(11-12-27)18-7-10-22-23(15-18)38-28(29,30)37-22;;/h3-10,13-15,31H,11-12H2,1-2H3,(H,32,33,34);2*1H. The summed E-state index contributed by atoms with van der Waals surface area (Å²) in [5, 5.41) is 4.58. The number of aryl methyl sites for hydroxylation is 1. The maximum absolute atomic E-state index is 13.5. The van der Waals surface area contributed by atoms with Gasteiger partial charge in [0.25, 0.3) is 0 Å². The van der Waals surface area contributed by atoms with E-state index in [0.29, 0.717) is 35.5 Å². The van der Waals surface area contributed by atoms with Crippen molar-refractivity contribution in [3.63, 3.8) is 0 Å². The molecule has 0 bridgehead atoms. The molecule has 2 aliphatic rings. The van der Waals surface area contributed by atoms with Gasteiger partial charge < -0.3 is 14.8 Å². The highest BCUT2D eigenvalue weighted by atomic mass is 32.2. The van der Waals surface area contributed by atoms with Crippen LogP contribution in [-0.2, 0) is 20.2 Å². The van der Waals surface area contributed by atoms with Gasteiger partial charge in [-0.1, -0.05) is 36.4 Å². The topological polar surface area (TPSA) is 107 Å². The van der Waals surface area contributed by atoms with Crippen molar-refractivity contribution >= 4 is 32.5 Å². The minimum Gasteiger partial charge on any atom is -0.395 e. The molecule has 0 spiro atoms. The van der Waals surface area contributed by atoms with Crippen LogP contribution < -0.4 is 19.5 Å². The first-order chi connectivity index (χ1) is 18.5. The molecule has 1 aliphatic carbocycles. The molecule has 6 rings (SSSR count). The van der Waals surface area contributed by atoms with Gasteiger partial charge in [0.1, 0.15) is 5.82 Å². The fraction of sp³-hybridized carbons (Fsp3) is 0.214. The molecule has 0 unspecified atom stereocenters. The molecule has 1 aromatic heterocycles. The quantitative estimate of drug-likeness (QED) is 0.321. The Hall–Kier alpha value is -4.09. The molecule has 1 amide bonds. The monoisotopic (exact) mass is 555 g/mol. The Labute approximate surface area is 226 Å². The van der Waals surface area contributed by atoms with E-state index in [-0.39, 0.29) is 25.2 Å². The number of alkyl halides is 2. The Morgan fingerprint density at radius 1 is 1.00 bits per heavy atom. The Morgan fingerprint density at radius 2 is 1.74 bits per heavy atom. The van der Waals surface area contributed by atoms with Crippen molar-refractivity contribution in [2.75, 3.05) is 12.4 Å². The Morgan fingerprint density at radius 3 is 2.46 bits per heavy atom. The van der Waals surface area contributed by atoms with Gasteiger partial charge in [-0.2, -0.15) is 0 Å². The summed E-state index contributed by atoms with van der Waals surface area (Å²) in [6.07, 6.45) is -2.66. The van der Waals surface area contributed by atoms with Crippen LogP contribution in [0.5, 0.6) is 11.5 Å². The zero-order chi connectivity index (χ0) is 27.6. The van der Waals surface area contributed by atoms with Crippen molar-refractivity contribution in [2.45, 2.75) is 36.4 Å². The maximum Gasteiger partial charge on any atom is 0.586 e. The summed E-state index contributed by atoms with van der Waals surface area (Å²) in [7, 11) is -2.27.